The number of aryl methyl sites for hydroxylation is 1. The van der Waals surface area contributed by atoms with Crippen molar-refractivity contribution < 1.29 is 18.8 Å². The van der Waals surface area contributed by atoms with E-state index in [2.05, 4.69) is 19.9 Å². The van der Waals surface area contributed by atoms with Crippen LogP contribution in [0, 0.1) is 0 Å². The number of fused-ring (bicyclic) bond motifs is 1. The maximum atomic E-state index is 12.2. The first-order valence-electron chi connectivity index (χ1n) is 9.54. The molecule has 3 saturated heterocycles. The van der Waals surface area contributed by atoms with Crippen molar-refractivity contribution in [1.29, 1.82) is 0 Å². The summed E-state index contributed by atoms with van der Waals surface area (Å²) >= 11 is 0. The molecule has 0 spiro atoms. The van der Waals surface area contributed by atoms with E-state index in [-0.39, 0.29) is 18.2 Å². The van der Waals surface area contributed by atoms with Crippen LogP contribution in [0.5, 0.6) is 0 Å². The Kier molecular flexibility index (Phi) is 5.37. The van der Waals surface area contributed by atoms with Crippen LogP contribution in [-0.4, -0.2) is 95.6 Å². The molecule has 4 rings (SSSR count). The summed E-state index contributed by atoms with van der Waals surface area (Å²) in [6, 6.07) is 0.129. The van der Waals surface area contributed by atoms with Crippen molar-refractivity contribution >= 4 is 6.09 Å². The second kappa shape index (κ2) is 7.89. The van der Waals surface area contributed by atoms with Crippen molar-refractivity contribution in [1.82, 2.24) is 24.8 Å². The highest BCUT2D eigenvalue weighted by Gasteiger charge is 2.47. The highest BCUT2D eigenvalue weighted by molar-refractivity contribution is 5.71. The summed E-state index contributed by atoms with van der Waals surface area (Å²) in [6.07, 6.45) is 1.48. The minimum Gasteiger partial charge on any atom is -0.442 e. The molecule has 1 aromatic rings. The number of carbonyl (C=O) groups is 1. The van der Waals surface area contributed by atoms with Gasteiger partial charge in [-0.1, -0.05) is 12.1 Å². The standard InChI is InChI=1S/C17H27N5O4/c1-2-16-18-15(19-26-16)12-21-10-13-14(11-21)25-17(23)22(13)5-3-4-20-6-8-24-9-7-20/h13-14H,2-12H2,1H3/t13-,14+/m0/s1. The fourth-order valence-corrected chi connectivity index (χ4v) is 3.95. The van der Waals surface area contributed by atoms with E-state index in [9.17, 15) is 4.79 Å². The number of rotatable bonds is 7. The van der Waals surface area contributed by atoms with Gasteiger partial charge in [-0.3, -0.25) is 9.80 Å². The van der Waals surface area contributed by atoms with Crippen molar-refractivity contribution in [2.75, 3.05) is 52.5 Å². The lowest BCUT2D eigenvalue weighted by Gasteiger charge is -2.28. The molecule has 3 fully saturated rings. The Morgan fingerprint density at radius 2 is 2.00 bits per heavy atom. The molecule has 9 heteroatoms. The molecule has 0 saturated carbocycles. The van der Waals surface area contributed by atoms with Crippen molar-refractivity contribution in [3.8, 4) is 0 Å². The summed E-state index contributed by atoms with van der Waals surface area (Å²) < 4.78 is 16.1. The van der Waals surface area contributed by atoms with Gasteiger partial charge in [0.15, 0.2) is 5.82 Å². The number of carbonyl (C=O) groups excluding carboxylic acids is 1. The Labute approximate surface area is 153 Å². The molecule has 0 N–H and O–H groups in total. The third-order valence-electron chi connectivity index (χ3n) is 5.35. The lowest BCUT2D eigenvalue weighted by atomic mass is 10.2. The van der Waals surface area contributed by atoms with Gasteiger partial charge in [0, 0.05) is 45.7 Å². The third kappa shape index (κ3) is 3.84. The second-order valence-corrected chi connectivity index (χ2v) is 7.14. The first-order valence-corrected chi connectivity index (χ1v) is 9.54. The predicted molar refractivity (Wildman–Crippen MR) is 91.6 cm³/mol. The average molecular weight is 365 g/mol. The van der Waals surface area contributed by atoms with Crippen molar-refractivity contribution in [2.45, 2.75) is 38.5 Å². The molecule has 0 aliphatic carbocycles. The molecule has 144 valence electrons. The molecule has 3 aliphatic rings. The Morgan fingerprint density at radius 3 is 2.77 bits per heavy atom. The summed E-state index contributed by atoms with van der Waals surface area (Å²) in [5.74, 6) is 1.36. The van der Waals surface area contributed by atoms with Crippen LogP contribution in [0.2, 0.25) is 0 Å². The molecule has 9 nitrogen and oxygen atoms in total. The molecule has 26 heavy (non-hydrogen) atoms. The van der Waals surface area contributed by atoms with E-state index in [4.69, 9.17) is 14.0 Å². The van der Waals surface area contributed by atoms with E-state index in [0.29, 0.717) is 18.3 Å². The molecule has 0 radical (unpaired) electrons. The number of hydrogen-bond acceptors (Lipinski definition) is 8. The maximum Gasteiger partial charge on any atom is 0.410 e. The van der Waals surface area contributed by atoms with E-state index in [0.717, 1.165) is 65.3 Å². The lowest BCUT2D eigenvalue weighted by molar-refractivity contribution is 0.0362. The van der Waals surface area contributed by atoms with Gasteiger partial charge in [0.25, 0.3) is 0 Å². The Morgan fingerprint density at radius 1 is 1.15 bits per heavy atom. The predicted octanol–water partition coefficient (Wildman–Crippen LogP) is 0.359. The lowest BCUT2D eigenvalue weighted by Crippen LogP contribution is -2.41. The molecule has 2 atom stereocenters. The summed E-state index contributed by atoms with van der Waals surface area (Å²) in [5, 5.41) is 4.01. The number of nitrogens with zero attached hydrogens (tertiary/aromatic N) is 5. The first-order chi connectivity index (χ1) is 12.7. The molecule has 3 aliphatic heterocycles. The topological polar surface area (TPSA) is 84.2 Å². The van der Waals surface area contributed by atoms with Crippen molar-refractivity contribution in [3.05, 3.63) is 11.7 Å². The maximum absolute atomic E-state index is 12.2. The number of amides is 1. The zero-order valence-electron chi connectivity index (χ0n) is 15.3. The van der Waals surface area contributed by atoms with E-state index < -0.39 is 0 Å². The third-order valence-corrected chi connectivity index (χ3v) is 5.35. The van der Waals surface area contributed by atoms with Gasteiger partial charge in [0.05, 0.1) is 25.8 Å². The number of ether oxygens (including phenoxy) is 2. The van der Waals surface area contributed by atoms with Crippen LogP contribution in [0.1, 0.15) is 25.1 Å². The molecule has 0 bridgehead atoms. The van der Waals surface area contributed by atoms with Crippen LogP contribution in [0.25, 0.3) is 0 Å². The number of hydrogen-bond donors (Lipinski definition) is 0. The molecule has 1 amide bonds. The Balaban J connectivity index is 1.27. The van der Waals surface area contributed by atoms with Gasteiger partial charge in [0.2, 0.25) is 5.89 Å². The fraction of sp³-hybridized carbons (Fsp3) is 0.824. The van der Waals surface area contributed by atoms with E-state index >= 15 is 0 Å². The molecule has 1 aromatic heterocycles. The Bertz CT molecular complexity index is 618. The van der Waals surface area contributed by atoms with Gasteiger partial charge in [-0.25, -0.2) is 4.79 Å². The van der Waals surface area contributed by atoms with Crippen LogP contribution in [-0.2, 0) is 22.4 Å². The summed E-state index contributed by atoms with van der Waals surface area (Å²) in [7, 11) is 0. The minimum atomic E-state index is -0.172. The second-order valence-electron chi connectivity index (χ2n) is 7.14. The van der Waals surface area contributed by atoms with Crippen LogP contribution >= 0.6 is 0 Å². The van der Waals surface area contributed by atoms with Crippen LogP contribution in [0.3, 0.4) is 0 Å². The summed E-state index contributed by atoms with van der Waals surface area (Å²) in [6.45, 7) is 9.47. The number of aromatic nitrogens is 2. The fourth-order valence-electron chi connectivity index (χ4n) is 3.95. The van der Waals surface area contributed by atoms with Gasteiger partial charge in [0.1, 0.15) is 6.10 Å². The summed E-state index contributed by atoms with van der Waals surface area (Å²) in [4.78, 5) is 23.1. The van der Waals surface area contributed by atoms with E-state index in [1.165, 1.54) is 0 Å². The normalized spacial score (nSPS) is 27.1. The summed E-state index contributed by atoms with van der Waals surface area (Å²) in [5.41, 5.74) is 0. The molecule has 4 heterocycles. The smallest absolute Gasteiger partial charge is 0.410 e. The number of morpholine rings is 1. The van der Waals surface area contributed by atoms with E-state index in [1.807, 2.05) is 11.8 Å². The van der Waals surface area contributed by atoms with Crippen LogP contribution < -0.4 is 0 Å². The van der Waals surface area contributed by atoms with Gasteiger partial charge in [-0.05, 0) is 6.42 Å². The highest BCUT2D eigenvalue weighted by Crippen LogP contribution is 2.27. The van der Waals surface area contributed by atoms with Gasteiger partial charge in [-0.15, -0.1) is 0 Å². The van der Waals surface area contributed by atoms with Crippen molar-refractivity contribution in [2.24, 2.45) is 0 Å². The molecular formula is C17H27N5O4. The van der Waals surface area contributed by atoms with Crippen molar-refractivity contribution in [3.63, 3.8) is 0 Å². The largest absolute Gasteiger partial charge is 0.442 e. The van der Waals surface area contributed by atoms with Gasteiger partial charge >= 0.3 is 6.09 Å². The molecular weight excluding hydrogens is 338 g/mol. The number of likely N-dealkylation sites (tertiary alicyclic amines) is 1. The molecule has 0 unspecified atom stereocenters. The zero-order valence-corrected chi connectivity index (χ0v) is 15.3. The minimum absolute atomic E-state index is 0.0524. The average Bonchev–Trinajstić information content (AvgIpc) is 3.33. The molecule has 0 aromatic carbocycles. The SMILES string of the molecule is CCc1nc(CN2C[C@H]3OC(=O)N(CCCN4CCOCC4)[C@H]3C2)no1. The highest BCUT2D eigenvalue weighted by atomic mass is 16.6. The zero-order chi connectivity index (χ0) is 17.9. The Hall–Kier alpha value is -1.71. The van der Waals surface area contributed by atoms with Crippen LogP contribution in [0.15, 0.2) is 4.52 Å². The van der Waals surface area contributed by atoms with Gasteiger partial charge in [-0.2, -0.15) is 4.98 Å². The monoisotopic (exact) mass is 365 g/mol. The first kappa shape index (κ1) is 17.7. The van der Waals surface area contributed by atoms with Crippen LogP contribution in [0.4, 0.5) is 4.79 Å². The quantitative estimate of drug-likeness (QED) is 0.685. The van der Waals surface area contributed by atoms with Gasteiger partial charge < -0.3 is 18.9 Å². The van der Waals surface area contributed by atoms with E-state index in [1.54, 1.807) is 0 Å².